The van der Waals surface area contributed by atoms with Crippen molar-refractivity contribution in [3.05, 3.63) is 52.6 Å². The Hall–Kier alpha value is -3.89. The largest absolute Gasteiger partial charge is 0.359 e. The quantitative estimate of drug-likeness (QED) is 0.512. The number of hydrogen-bond acceptors (Lipinski definition) is 7. The van der Waals surface area contributed by atoms with Gasteiger partial charge in [-0.3, -0.25) is 19.7 Å². The number of aromatic nitrogens is 6. The van der Waals surface area contributed by atoms with Crippen molar-refractivity contribution in [1.29, 1.82) is 0 Å². The Morgan fingerprint density at radius 3 is 2.42 bits per heavy atom. The van der Waals surface area contributed by atoms with Crippen LogP contribution in [0.4, 0.5) is 5.95 Å². The molecule has 0 aliphatic heterocycles. The van der Waals surface area contributed by atoms with Gasteiger partial charge >= 0.3 is 0 Å². The Morgan fingerprint density at radius 2 is 1.85 bits per heavy atom. The Balaban J connectivity index is 0.000000431. The third-order valence-electron chi connectivity index (χ3n) is 2.95. The standard InChI is InChI=1S/C12H9N7O2.C3H7NO/c20-9-6-8(7-4-2-1-3-5-7)13-10(14-9)11(21)15-12-16-18-19-17-12;1-3(5)4-2/h1-6H,(H,13,14,20)(H2,15,16,17,18,19,21);1-2H3,(H,4,5). The van der Waals surface area contributed by atoms with Gasteiger partial charge in [-0.25, -0.2) is 4.98 Å². The highest BCUT2D eigenvalue weighted by Crippen LogP contribution is 2.14. The fraction of sp³-hybridized carbons (Fsp3) is 0.133. The van der Waals surface area contributed by atoms with E-state index in [-0.39, 0.29) is 17.7 Å². The van der Waals surface area contributed by atoms with Crippen molar-refractivity contribution in [1.82, 2.24) is 35.9 Å². The van der Waals surface area contributed by atoms with Crippen LogP contribution >= 0.6 is 0 Å². The molecule has 2 heterocycles. The molecule has 4 N–H and O–H groups in total. The van der Waals surface area contributed by atoms with E-state index in [0.717, 1.165) is 5.56 Å². The number of amides is 2. The van der Waals surface area contributed by atoms with Crippen molar-refractivity contribution in [3.8, 4) is 11.3 Å². The van der Waals surface area contributed by atoms with Crippen LogP contribution in [0.5, 0.6) is 0 Å². The van der Waals surface area contributed by atoms with Gasteiger partial charge in [0, 0.05) is 25.6 Å². The zero-order chi connectivity index (χ0) is 18.9. The maximum absolute atomic E-state index is 12.0. The molecule has 0 aliphatic rings. The molecule has 0 saturated heterocycles. The predicted octanol–water partition coefficient (Wildman–Crippen LogP) is -0.0454. The molecule has 0 bridgehead atoms. The molecule has 0 radical (unpaired) electrons. The first-order chi connectivity index (χ1) is 12.5. The second-order valence-electron chi connectivity index (χ2n) is 4.84. The smallest absolute Gasteiger partial charge is 0.294 e. The topological polar surface area (TPSA) is 158 Å². The van der Waals surface area contributed by atoms with E-state index in [9.17, 15) is 14.4 Å². The van der Waals surface area contributed by atoms with Gasteiger partial charge in [-0.1, -0.05) is 35.4 Å². The van der Waals surface area contributed by atoms with Crippen molar-refractivity contribution in [2.24, 2.45) is 0 Å². The van der Waals surface area contributed by atoms with Gasteiger partial charge in [0.15, 0.2) is 5.82 Å². The van der Waals surface area contributed by atoms with E-state index in [1.807, 2.05) is 18.2 Å². The second-order valence-corrected chi connectivity index (χ2v) is 4.84. The number of aromatic amines is 2. The molecule has 2 aromatic heterocycles. The molecule has 0 spiro atoms. The molecular formula is C15H16N8O3. The molecule has 11 heteroatoms. The third-order valence-corrected chi connectivity index (χ3v) is 2.95. The number of benzene rings is 1. The minimum absolute atomic E-state index is 0.00463. The second kappa shape index (κ2) is 8.82. The number of carbonyl (C=O) groups is 2. The lowest BCUT2D eigenvalue weighted by Gasteiger charge is -2.03. The Labute approximate surface area is 147 Å². The Bertz CT molecular complexity index is 922. The summed E-state index contributed by atoms with van der Waals surface area (Å²) in [4.78, 5) is 39.8. The van der Waals surface area contributed by atoms with Crippen molar-refractivity contribution < 1.29 is 9.59 Å². The lowest BCUT2D eigenvalue weighted by atomic mass is 10.1. The van der Waals surface area contributed by atoms with Crippen LogP contribution in [0, 0.1) is 0 Å². The Kier molecular flexibility index (Phi) is 6.26. The van der Waals surface area contributed by atoms with Crippen LogP contribution in [-0.4, -0.2) is 49.5 Å². The fourth-order valence-corrected chi connectivity index (χ4v) is 1.70. The van der Waals surface area contributed by atoms with Crippen molar-refractivity contribution >= 4 is 17.8 Å². The van der Waals surface area contributed by atoms with E-state index in [4.69, 9.17) is 0 Å². The summed E-state index contributed by atoms with van der Waals surface area (Å²) in [6.07, 6.45) is 0. The van der Waals surface area contributed by atoms with Gasteiger partial charge in [-0.05, 0) is 5.21 Å². The van der Waals surface area contributed by atoms with Crippen LogP contribution < -0.4 is 16.2 Å². The molecule has 0 saturated carbocycles. The van der Waals surface area contributed by atoms with Crippen molar-refractivity contribution in [2.45, 2.75) is 6.92 Å². The normalized spacial score (nSPS) is 9.62. The summed E-state index contributed by atoms with van der Waals surface area (Å²) in [5.41, 5.74) is 0.705. The van der Waals surface area contributed by atoms with Crippen LogP contribution in [-0.2, 0) is 4.79 Å². The van der Waals surface area contributed by atoms with E-state index >= 15 is 0 Å². The highest BCUT2D eigenvalue weighted by Gasteiger charge is 2.13. The first-order valence-electron chi connectivity index (χ1n) is 7.39. The zero-order valence-electron chi connectivity index (χ0n) is 14.0. The van der Waals surface area contributed by atoms with Gasteiger partial charge in [0.1, 0.15) is 0 Å². The van der Waals surface area contributed by atoms with Crippen LogP contribution in [0.25, 0.3) is 11.3 Å². The fourth-order valence-electron chi connectivity index (χ4n) is 1.70. The van der Waals surface area contributed by atoms with Gasteiger partial charge in [0.2, 0.25) is 5.91 Å². The average Bonchev–Trinajstić information content (AvgIpc) is 3.15. The monoisotopic (exact) mass is 356 g/mol. The van der Waals surface area contributed by atoms with Gasteiger partial charge in [0.05, 0.1) is 5.69 Å². The summed E-state index contributed by atoms with van der Waals surface area (Å²) in [5.74, 6) is -0.768. The first kappa shape index (κ1) is 18.4. The minimum Gasteiger partial charge on any atom is -0.359 e. The summed E-state index contributed by atoms with van der Waals surface area (Å²) in [6.45, 7) is 1.47. The molecule has 0 fully saturated rings. The summed E-state index contributed by atoms with van der Waals surface area (Å²) >= 11 is 0. The first-order valence-corrected chi connectivity index (χ1v) is 7.39. The summed E-state index contributed by atoms with van der Waals surface area (Å²) in [7, 11) is 1.60. The maximum atomic E-state index is 12.0. The third kappa shape index (κ3) is 5.33. The number of rotatable bonds is 3. The lowest BCUT2D eigenvalue weighted by molar-refractivity contribution is -0.118. The molecule has 0 atom stereocenters. The van der Waals surface area contributed by atoms with Gasteiger partial charge in [-0.2, -0.15) is 5.21 Å². The summed E-state index contributed by atoms with van der Waals surface area (Å²) in [6, 6.07) is 10.4. The molecule has 11 nitrogen and oxygen atoms in total. The van der Waals surface area contributed by atoms with Crippen LogP contribution in [0.15, 0.2) is 41.2 Å². The van der Waals surface area contributed by atoms with Gasteiger partial charge in [-0.15, -0.1) is 5.10 Å². The van der Waals surface area contributed by atoms with E-state index in [1.165, 1.54) is 13.0 Å². The predicted molar refractivity (Wildman–Crippen MR) is 92.2 cm³/mol. The molecule has 134 valence electrons. The number of tetrazole rings is 1. The van der Waals surface area contributed by atoms with Crippen LogP contribution in [0.3, 0.4) is 0 Å². The van der Waals surface area contributed by atoms with Crippen LogP contribution in [0.2, 0.25) is 0 Å². The van der Waals surface area contributed by atoms with E-state index in [2.05, 4.69) is 41.2 Å². The Morgan fingerprint density at radius 1 is 1.15 bits per heavy atom. The number of H-pyrrole nitrogens is 2. The maximum Gasteiger partial charge on any atom is 0.294 e. The van der Waals surface area contributed by atoms with E-state index < -0.39 is 11.5 Å². The number of hydrogen-bond donors (Lipinski definition) is 4. The average molecular weight is 356 g/mol. The highest BCUT2D eigenvalue weighted by molar-refractivity contribution is 6.00. The highest BCUT2D eigenvalue weighted by atomic mass is 16.2. The zero-order valence-corrected chi connectivity index (χ0v) is 14.0. The molecular weight excluding hydrogens is 340 g/mol. The lowest BCUT2D eigenvalue weighted by Crippen LogP contribution is -2.21. The van der Waals surface area contributed by atoms with Crippen molar-refractivity contribution in [2.75, 3.05) is 12.4 Å². The number of carbonyl (C=O) groups excluding carboxylic acids is 2. The molecule has 1 aromatic carbocycles. The molecule has 26 heavy (non-hydrogen) atoms. The van der Waals surface area contributed by atoms with Gasteiger partial charge < -0.3 is 10.3 Å². The van der Waals surface area contributed by atoms with Crippen LogP contribution in [0.1, 0.15) is 17.5 Å². The number of nitrogens with zero attached hydrogens (tertiary/aromatic N) is 4. The summed E-state index contributed by atoms with van der Waals surface area (Å²) < 4.78 is 0. The van der Waals surface area contributed by atoms with E-state index in [1.54, 1.807) is 19.2 Å². The number of nitrogens with one attached hydrogen (secondary N) is 4. The summed E-state index contributed by atoms with van der Waals surface area (Å²) in [5, 5.41) is 17.4. The van der Waals surface area contributed by atoms with E-state index in [0.29, 0.717) is 5.69 Å². The minimum atomic E-state index is -0.633. The van der Waals surface area contributed by atoms with Gasteiger partial charge in [0.25, 0.3) is 17.4 Å². The molecule has 3 rings (SSSR count). The molecule has 3 aromatic rings. The molecule has 0 unspecified atom stereocenters. The SMILES string of the molecule is CNC(C)=O.O=C(Nc1nn[nH]n1)c1nc(-c2ccccc2)cc(=O)[nH]1. The molecule has 2 amide bonds. The molecule has 0 aliphatic carbocycles. The number of anilines is 1. The van der Waals surface area contributed by atoms with Crippen molar-refractivity contribution in [3.63, 3.8) is 0 Å².